The van der Waals surface area contributed by atoms with Gasteiger partial charge in [-0.1, -0.05) is 17.7 Å². The van der Waals surface area contributed by atoms with Crippen LogP contribution < -0.4 is 15.9 Å². The van der Waals surface area contributed by atoms with E-state index in [4.69, 9.17) is 16.3 Å². The molecule has 2 heterocycles. The molecule has 0 radical (unpaired) electrons. The van der Waals surface area contributed by atoms with Crippen molar-refractivity contribution < 1.29 is 9.53 Å². The molecule has 0 unspecified atom stereocenters. The number of ether oxygens (including phenoxy) is 1. The van der Waals surface area contributed by atoms with E-state index in [0.29, 0.717) is 38.1 Å². The number of H-pyrrole nitrogens is 1. The second-order valence-electron chi connectivity index (χ2n) is 7.58. The van der Waals surface area contributed by atoms with Gasteiger partial charge in [-0.25, -0.2) is 0 Å². The minimum absolute atomic E-state index is 0.0961. The van der Waals surface area contributed by atoms with Crippen molar-refractivity contribution in [1.82, 2.24) is 9.55 Å². The Labute approximate surface area is 188 Å². The molecule has 0 aliphatic heterocycles. The molecule has 0 aliphatic carbocycles. The molecule has 0 amide bonds. The first-order chi connectivity index (χ1) is 15.3. The molecule has 4 rings (SSSR count). The number of nitrogens with zero attached hydrogens (tertiary/aromatic N) is 2. The van der Waals surface area contributed by atoms with E-state index in [1.165, 1.54) is 6.07 Å². The number of benzene rings is 2. The van der Waals surface area contributed by atoms with E-state index in [2.05, 4.69) is 4.98 Å². The Bertz CT molecular complexity index is 1470. The van der Waals surface area contributed by atoms with E-state index in [9.17, 15) is 14.4 Å². The van der Waals surface area contributed by atoms with E-state index >= 15 is 0 Å². The minimum Gasteiger partial charge on any atom is -0.465 e. The van der Waals surface area contributed by atoms with Crippen molar-refractivity contribution in [3.05, 3.63) is 74.3 Å². The fourth-order valence-electron chi connectivity index (χ4n) is 3.95. The van der Waals surface area contributed by atoms with Crippen LogP contribution in [0.1, 0.15) is 6.92 Å². The van der Waals surface area contributed by atoms with Crippen molar-refractivity contribution >= 4 is 45.1 Å². The van der Waals surface area contributed by atoms with E-state index in [0.717, 1.165) is 5.56 Å². The molecule has 0 saturated heterocycles. The predicted octanol–water partition coefficient (Wildman–Crippen LogP) is 3.79. The molecular formula is C24H22ClN3O4. The number of aromatic amines is 1. The number of pyridine rings is 2. The molecule has 2 aromatic heterocycles. The monoisotopic (exact) mass is 451 g/mol. The molecule has 0 spiro atoms. The van der Waals surface area contributed by atoms with Crippen molar-refractivity contribution in [3.8, 4) is 11.1 Å². The number of halogens is 1. The maximum atomic E-state index is 13.4. The van der Waals surface area contributed by atoms with Crippen LogP contribution in [-0.4, -0.2) is 36.2 Å². The molecule has 1 N–H and O–H groups in total. The summed E-state index contributed by atoms with van der Waals surface area (Å²) in [5.41, 5.74) is 2.79. The van der Waals surface area contributed by atoms with Crippen molar-refractivity contribution in [1.29, 1.82) is 0 Å². The topological polar surface area (TPSA) is 84.4 Å². The zero-order valence-electron chi connectivity index (χ0n) is 17.9. The summed E-state index contributed by atoms with van der Waals surface area (Å²) in [5, 5.41) is 1.38. The number of nitrogens with one attached hydrogen (secondary N) is 1. The maximum absolute atomic E-state index is 13.4. The SMILES string of the molecule is CCOC(=O)Cn1c2cc(-c3cc[nH]c(=O)c3)ccc2c(=O)c2ccc(Cl)c(N(C)C)c21. The highest BCUT2D eigenvalue weighted by Gasteiger charge is 2.20. The molecule has 2 aromatic carbocycles. The summed E-state index contributed by atoms with van der Waals surface area (Å²) < 4.78 is 6.97. The third kappa shape index (κ3) is 3.76. The molecule has 7 nitrogen and oxygen atoms in total. The van der Waals surface area contributed by atoms with E-state index in [1.54, 1.807) is 48.0 Å². The van der Waals surface area contributed by atoms with Gasteiger partial charge in [0.15, 0.2) is 5.43 Å². The number of carbonyl (C=O) groups is 1. The highest BCUT2D eigenvalue weighted by molar-refractivity contribution is 6.35. The van der Waals surface area contributed by atoms with Crippen LogP contribution in [0.3, 0.4) is 0 Å². The van der Waals surface area contributed by atoms with Gasteiger partial charge in [-0.3, -0.25) is 14.4 Å². The lowest BCUT2D eigenvalue weighted by Crippen LogP contribution is -2.21. The van der Waals surface area contributed by atoms with Crippen LogP contribution in [0, 0.1) is 0 Å². The lowest BCUT2D eigenvalue weighted by Gasteiger charge is -2.22. The molecular weight excluding hydrogens is 430 g/mol. The van der Waals surface area contributed by atoms with E-state index in [1.807, 2.05) is 25.1 Å². The molecule has 0 atom stereocenters. The largest absolute Gasteiger partial charge is 0.465 e. The van der Waals surface area contributed by atoms with E-state index < -0.39 is 5.97 Å². The number of hydrogen-bond donors (Lipinski definition) is 1. The summed E-state index contributed by atoms with van der Waals surface area (Å²) in [6, 6.07) is 12.0. The summed E-state index contributed by atoms with van der Waals surface area (Å²) in [5.74, 6) is -0.426. The lowest BCUT2D eigenvalue weighted by atomic mass is 10.0. The quantitative estimate of drug-likeness (QED) is 0.368. The van der Waals surface area contributed by atoms with Gasteiger partial charge in [-0.15, -0.1) is 0 Å². The third-order valence-electron chi connectivity index (χ3n) is 5.30. The first-order valence-corrected chi connectivity index (χ1v) is 10.5. The van der Waals surface area contributed by atoms with Crippen LogP contribution in [-0.2, 0) is 16.1 Å². The van der Waals surface area contributed by atoms with Gasteiger partial charge in [0, 0.05) is 37.1 Å². The molecule has 4 aromatic rings. The van der Waals surface area contributed by atoms with Crippen molar-refractivity contribution in [2.45, 2.75) is 13.5 Å². The number of esters is 1. The third-order valence-corrected chi connectivity index (χ3v) is 5.60. The van der Waals surface area contributed by atoms with Crippen LogP contribution in [0.15, 0.2) is 58.3 Å². The number of hydrogen-bond acceptors (Lipinski definition) is 5. The number of carbonyl (C=O) groups excluding carboxylic acids is 1. The molecule has 164 valence electrons. The fourth-order valence-corrected chi connectivity index (χ4v) is 4.27. The lowest BCUT2D eigenvalue weighted by molar-refractivity contribution is -0.143. The van der Waals surface area contributed by atoms with Crippen molar-refractivity contribution in [3.63, 3.8) is 0 Å². The normalized spacial score (nSPS) is 11.1. The van der Waals surface area contributed by atoms with Gasteiger partial charge in [-0.2, -0.15) is 0 Å². The zero-order valence-corrected chi connectivity index (χ0v) is 18.7. The Morgan fingerprint density at radius 3 is 2.47 bits per heavy atom. The number of aromatic nitrogens is 2. The molecule has 0 saturated carbocycles. The average molecular weight is 452 g/mol. The van der Waals surface area contributed by atoms with E-state index in [-0.39, 0.29) is 24.1 Å². The first-order valence-electron chi connectivity index (χ1n) is 10.1. The van der Waals surface area contributed by atoms with Crippen LogP contribution in [0.25, 0.3) is 32.9 Å². The Kier molecular flexibility index (Phi) is 5.76. The Morgan fingerprint density at radius 2 is 1.78 bits per heavy atom. The van der Waals surface area contributed by atoms with Gasteiger partial charge < -0.3 is 19.2 Å². The molecule has 32 heavy (non-hydrogen) atoms. The predicted molar refractivity (Wildman–Crippen MR) is 128 cm³/mol. The number of anilines is 1. The van der Waals surface area contributed by atoms with Gasteiger partial charge >= 0.3 is 5.97 Å². The van der Waals surface area contributed by atoms with Gasteiger partial charge in [0.1, 0.15) is 6.54 Å². The van der Waals surface area contributed by atoms with Crippen LogP contribution in [0.2, 0.25) is 5.02 Å². The first kappa shape index (κ1) is 21.6. The highest BCUT2D eigenvalue weighted by Crippen LogP contribution is 2.35. The molecule has 0 aliphatic rings. The van der Waals surface area contributed by atoms with Crippen LogP contribution >= 0.6 is 11.6 Å². The Morgan fingerprint density at radius 1 is 1.06 bits per heavy atom. The van der Waals surface area contributed by atoms with Crippen LogP contribution in [0.5, 0.6) is 0 Å². The minimum atomic E-state index is -0.426. The standard InChI is InChI=1S/C24H22ClN3O4/c1-4-32-21(30)13-28-19-11-14(15-9-10-26-20(29)12-15)5-6-16(19)24(31)17-7-8-18(25)23(22(17)28)27(2)3/h5-12H,4,13H2,1-3H3,(H,26,29). The maximum Gasteiger partial charge on any atom is 0.325 e. The van der Waals surface area contributed by atoms with Gasteiger partial charge in [0.05, 0.1) is 28.4 Å². The van der Waals surface area contributed by atoms with Crippen molar-refractivity contribution in [2.24, 2.45) is 0 Å². The number of rotatable bonds is 5. The summed E-state index contributed by atoms with van der Waals surface area (Å²) in [6.07, 6.45) is 1.57. The van der Waals surface area contributed by atoms with Gasteiger partial charge in [0.25, 0.3) is 0 Å². The van der Waals surface area contributed by atoms with Crippen LogP contribution in [0.4, 0.5) is 5.69 Å². The second-order valence-corrected chi connectivity index (χ2v) is 7.99. The van der Waals surface area contributed by atoms with Gasteiger partial charge in [-0.05, 0) is 48.4 Å². The zero-order chi connectivity index (χ0) is 23.0. The Hall–Kier alpha value is -3.58. The summed E-state index contributed by atoms with van der Waals surface area (Å²) in [7, 11) is 3.66. The fraction of sp³-hybridized carbons (Fsp3) is 0.208. The molecule has 0 bridgehead atoms. The molecule has 0 fully saturated rings. The second kappa shape index (κ2) is 8.51. The number of fused-ring (bicyclic) bond motifs is 2. The van der Waals surface area contributed by atoms with Crippen molar-refractivity contribution in [2.75, 3.05) is 25.6 Å². The summed E-state index contributed by atoms with van der Waals surface area (Å²) in [6.45, 7) is 1.89. The highest BCUT2D eigenvalue weighted by atomic mass is 35.5. The Balaban J connectivity index is 2.14. The van der Waals surface area contributed by atoms with Gasteiger partial charge in [0.2, 0.25) is 5.56 Å². The smallest absolute Gasteiger partial charge is 0.325 e. The average Bonchev–Trinajstić information content (AvgIpc) is 2.76. The summed E-state index contributed by atoms with van der Waals surface area (Å²) >= 11 is 6.50. The molecule has 8 heteroatoms. The summed E-state index contributed by atoms with van der Waals surface area (Å²) in [4.78, 5) is 42.2.